The molecule has 0 saturated heterocycles. The molecule has 0 aliphatic heterocycles. The number of hydrogen-bond acceptors (Lipinski definition) is 4. The maximum absolute atomic E-state index is 10.6. The quantitative estimate of drug-likeness (QED) is 0.613. The van der Waals surface area contributed by atoms with Gasteiger partial charge in [0, 0.05) is 12.1 Å². The first-order chi connectivity index (χ1) is 7.58. The number of nitro groups is 1. The van der Waals surface area contributed by atoms with Crippen molar-refractivity contribution in [2.75, 3.05) is 5.73 Å². The second-order valence-electron chi connectivity index (χ2n) is 3.39. The zero-order chi connectivity index (χ0) is 11.7. The third kappa shape index (κ3) is 1.72. The summed E-state index contributed by atoms with van der Waals surface area (Å²) in [4.78, 5) is 10.2. The van der Waals surface area contributed by atoms with Crippen LogP contribution in [0.1, 0.15) is 5.69 Å². The monoisotopic (exact) mass is 218 g/mol. The van der Waals surface area contributed by atoms with E-state index in [1.165, 1.54) is 16.8 Å². The van der Waals surface area contributed by atoms with Crippen LogP contribution in [0.3, 0.4) is 0 Å². The molecule has 16 heavy (non-hydrogen) atoms. The number of nitro benzene ring substituents is 1. The maximum atomic E-state index is 10.6. The van der Waals surface area contributed by atoms with E-state index in [0.717, 1.165) is 0 Å². The molecule has 1 aromatic heterocycles. The van der Waals surface area contributed by atoms with Crippen LogP contribution in [0, 0.1) is 17.0 Å². The highest BCUT2D eigenvalue weighted by Gasteiger charge is 2.08. The minimum Gasteiger partial charge on any atom is -0.396 e. The van der Waals surface area contributed by atoms with Crippen LogP contribution < -0.4 is 5.73 Å². The third-order valence-electron chi connectivity index (χ3n) is 2.24. The lowest BCUT2D eigenvalue weighted by atomic mass is 10.3. The predicted octanol–water partition coefficient (Wildman–Crippen LogP) is 1.67. The van der Waals surface area contributed by atoms with Gasteiger partial charge >= 0.3 is 0 Å². The van der Waals surface area contributed by atoms with E-state index in [2.05, 4.69) is 5.10 Å². The van der Waals surface area contributed by atoms with Crippen LogP contribution >= 0.6 is 0 Å². The summed E-state index contributed by atoms with van der Waals surface area (Å²) in [5, 5.41) is 14.8. The van der Waals surface area contributed by atoms with Crippen molar-refractivity contribution in [3.8, 4) is 5.69 Å². The number of nitrogens with two attached hydrogens (primary N) is 1. The van der Waals surface area contributed by atoms with E-state index in [9.17, 15) is 10.1 Å². The fourth-order valence-electron chi connectivity index (χ4n) is 1.35. The second kappa shape index (κ2) is 3.65. The third-order valence-corrected chi connectivity index (χ3v) is 2.24. The molecule has 6 heteroatoms. The average molecular weight is 218 g/mol. The molecule has 82 valence electrons. The van der Waals surface area contributed by atoms with E-state index >= 15 is 0 Å². The van der Waals surface area contributed by atoms with Crippen LogP contribution in [0.5, 0.6) is 0 Å². The Morgan fingerprint density at radius 3 is 2.81 bits per heavy atom. The van der Waals surface area contributed by atoms with Crippen molar-refractivity contribution in [3.63, 3.8) is 0 Å². The number of aryl methyl sites for hydroxylation is 1. The van der Waals surface area contributed by atoms with Gasteiger partial charge in [0.2, 0.25) is 0 Å². The van der Waals surface area contributed by atoms with Crippen molar-refractivity contribution < 1.29 is 4.92 Å². The maximum Gasteiger partial charge on any atom is 0.271 e. The number of nitrogens with zero attached hydrogens (tertiary/aromatic N) is 3. The molecular formula is C10H10N4O2. The van der Waals surface area contributed by atoms with Crippen molar-refractivity contribution >= 4 is 11.4 Å². The zero-order valence-electron chi connectivity index (χ0n) is 8.62. The topological polar surface area (TPSA) is 87.0 Å². The predicted molar refractivity (Wildman–Crippen MR) is 59.4 cm³/mol. The Hall–Kier alpha value is -2.37. The average Bonchev–Trinajstić information content (AvgIpc) is 2.59. The number of rotatable bonds is 2. The molecule has 2 rings (SSSR count). The molecule has 0 fully saturated rings. The molecule has 0 aliphatic carbocycles. The summed E-state index contributed by atoms with van der Waals surface area (Å²) >= 11 is 0. The van der Waals surface area contributed by atoms with Gasteiger partial charge < -0.3 is 5.73 Å². The highest BCUT2D eigenvalue weighted by molar-refractivity contribution is 5.47. The smallest absolute Gasteiger partial charge is 0.271 e. The fraction of sp³-hybridized carbons (Fsp3) is 0.100. The molecule has 0 aliphatic rings. The summed E-state index contributed by atoms with van der Waals surface area (Å²) in [7, 11) is 0. The van der Waals surface area contributed by atoms with Crippen LogP contribution in [0.2, 0.25) is 0 Å². The van der Waals surface area contributed by atoms with E-state index in [4.69, 9.17) is 5.73 Å². The van der Waals surface area contributed by atoms with Crippen molar-refractivity contribution in [2.45, 2.75) is 6.92 Å². The van der Waals surface area contributed by atoms with Gasteiger partial charge in [-0.3, -0.25) is 10.1 Å². The van der Waals surface area contributed by atoms with Crippen LogP contribution in [-0.4, -0.2) is 14.7 Å². The van der Waals surface area contributed by atoms with E-state index in [1.54, 1.807) is 25.3 Å². The van der Waals surface area contributed by atoms with E-state index < -0.39 is 4.92 Å². The number of non-ortho nitro benzene ring substituents is 1. The minimum atomic E-state index is -0.441. The molecule has 2 N–H and O–H groups in total. The van der Waals surface area contributed by atoms with E-state index in [-0.39, 0.29) is 5.69 Å². The summed E-state index contributed by atoms with van der Waals surface area (Å²) in [6.45, 7) is 1.78. The molecule has 1 aromatic carbocycles. The van der Waals surface area contributed by atoms with Crippen molar-refractivity contribution in [3.05, 3.63) is 46.3 Å². The van der Waals surface area contributed by atoms with Gasteiger partial charge in [0.15, 0.2) is 0 Å². The summed E-state index contributed by atoms with van der Waals surface area (Å²) in [5.41, 5.74) is 7.57. The van der Waals surface area contributed by atoms with Gasteiger partial charge in [0.05, 0.1) is 28.2 Å². The van der Waals surface area contributed by atoms with Crippen LogP contribution in [0.4, 0.5) is 11.4 Å². The first kappa shape index (κ1) is 10.2. The molecule has 0 atom stereocenters. The molecule has 1 heterocycles. The van der Waals surface area contributed by atoms with Crippen LogP contribution in [-0.2, 0) is 0 Å². The summed E-state index contributed by atoms with van der Waals surface area (Å²) in [6, 6.07) is 6.23. The van der Waals surface area contributed by atoms with E-state index in [1.807, 2.05) is 0 Å². The van der Waals surface area contributed by atoms with Gasteiger partial charge in [-0.1, -0.05) is 6.07 Å². The zero-order valence-corrected chi connectivity index (χ0v) is 8.62. The molecule has 0 saturated carbocycles. The Morgan fingerprint density at radius 1 is 1.50 bits per heavy atom. The lowest BCUT2D eigenvalue weighted by Crippen LogP contribution is -1.96. The first-order valence-corrected chi connectivity index (χ1v) is 4.64. The van der Waals surface area contributed by atoms with Gasteiger partial charge in [-0.2, -0.15) is 5.10 Å². The Bertz CT molecular complexity index is 528. The number of anilines is 1. The highest BCUT2D eigenvalue weighted by atomic mass is 16.6. The largest absolute Gasteiger partial charge is 0.396 e. The summed E-state index contributed by atoms with van der Waals surface area (Å²) < 4.78 is 1.53. The van der Waals surface area contributed by atoms with Gasteiger partial charge in [0.1, 0.15) is 0 Å². The second-order valence-corrected chi connectivity index (χ2v) is 3.39. The highest BCUT2D eigenvalue weighted by Crippen LogP contribution is 2.18. The normalized spacial score (nSPS) is 10.3. The van der Waals surface area contributed by atoms with Crippen LogP contribution in [0.15, 0.2) is 30.5 Å². The lowest BCUT2D eigenvalue weighted by molar-refractivity contribution is -0.384. The Kier molecular flexibility index (Phi) is 2.32. The Balaban J connectivity index is 2.48. The van der Waals surface area contributed by atoms with Gasteiger partial charge in [-0.25, -0.2) is 4.68 Å². The molecule has 2 aromatic rings. The van der Waals surface area contributed by atoms with Gasteiger partial charge in [-0.05, 0) is 13.0 Å². The van der Waals surface area contributed by atoms with Crippen molar-refractivity contribution in [2.24, 2.45) is 0 Å². The number of aromatic nitrogens is 2. The molecule has 0 spiro atoms. The number of nitrogen functional groups attached to an aromatic ring is 1. The number of benzene rings is 1. The van der Waals surface area contributed by atoms with Crippen molar-refractivity contribution in [1.29, 1.82) is 0 Å². The standard InChI is InChI=1S/C10H10N4O2/c1-7-10(11)6-13(12-7)8-3-2-4-9(5-8)14(15)16/h2-6H,11H2,1H3. The van der Waals surface area contributed by atoms with Gasteiger partial charge in [-0.15, -0.1) is 0 Å². The molecule has 0 bridgehead atoms. The van der Waals surface area contributed by atoms with Gasteiger partial charge in [0.25, 0.3) is 5.69 Å². The molecule has 0 radical (unpaired) electrons. The lowest BCUT2D eigenvalue weighted by Gasteiger charge is -1.99. The molecule has 6 nitrogen and oxygen atoms in total. The summed E-state index contributed by atoms with van der Waals surface area (Å²) in [5.74, 6) is 0. The molecule has 0 amide bonds. The minimum absolute atomic E-state index is 0.0317. The Morgan fingerprint density at radius 2 is 2.25 bits per heavy atom. The van der Waals surface area contributed by atoms with E-state index in [0.29, 0.717) is 17.1 Å². The number of hydrogen-bond donors (Lipinski definition) is 1. The molecular weight excluding hydrogens is 208 g/mol. The fourth-order valence-corrected chi connectivity index (χ4v) is 1.35. The Labute approximate surface area is 91.5 Å². The summed E-state index contributed by atoms with van der Waals surface area (Å²) in [6.07, 6.45) is 1.63. The first-order valence-electron chi connectivity index (χ1n) is 4.64. The SMILES string of the molecule is Cc1nn(-c2cccc([N+](=O)[O-])c2)cc1N. The van der Waals surface area contributed by atoms with Crippen LogP contribution in [0.25, 0.3) is 5.69 Å². The molecule has 0 unspecified atom stereocenters. The van der Waals surface area contributed by atoms with Crippen molar-refractivity contribution in [1.82, 2.24) is 9.78 Å².